The summed E-state index contributed by atoms with van der Waals surface area (Å²) in [4.78, 5) is 11.8. The van der Waals surface area contributed by atoms with E-state index in [2.05, 4.69) is 6.58 Å². The van der Waals surface area contributed by atoms with Crippen LogP contribution in [0.4, 0.5) is 0 Å². The van der Waals surface area contributed by atoms with Crippen LogP contribution in [0, 0.1) is 6.92 Å². The zero-order valence-corrected chi connectivity index (χ0v) is 12.3. The van der Waals surface area contributed by atoms with Crippen LogP contribution in [0.15, 0.2) is 55.1 Å². The van der Waals surface area contributed by atoms with E-state index in [0.717, 1.165) is 5.56 Å². The first kappa shape index (κ1) is 14.9. The number of rotatable bonds is 5. The third-order valence-corrected chi connectivity index (χ3v) is 2.98. The van der Waals surface area contributed by atoms with Crippen molar-refractivity contribution in [3.05, 3.63) is 66.2 Å². The number of ether oxygens (including phenoxy) is 2. The molecular weight excluding hydrogens is 264 g/mol. The van der Waals surface area contributed by atoms with Crippen molar-refractivity contribution in [1.82, 2.24) is 0 Å². The fourth-order valence-corrected chi connectivity index (χ4v) is 1.87. The van der Waals surface area contributed by atoms with Crippen LogP contribution in [0.2, 0.25) is 0 Å². The number of carbonyl (C=O) groups is 1. The van der Waals surface area contributed by atoms with E-state index in [0.29, 0.717) is 29.2 Å². The van der Waals surface area contributed by atoms with Gasteiger partial charge in [-0.05, 0) is 32.0 Å². The van der Waals surface area contributed by atoms with Gasteiger partial charge >= 0.3 is 5.97 Å². The molecule has 0 fully saturated rings. The zero-order valence-electron chi connectivity index (χ0n) is 12.3. The van der Waals surface area contributed by atoms with E-state index < -0.39 is 5.97 Å². The van der Waals surface area contributed by atoms with Gasteiger partial charge in [-0.15, -0.1) is 0 Å². The normalized spacial score (nSPS) is 10.0. The average molecular weight is 282 g/mol. The first-order valence-corrected chi connectivity index (χ1v) is 6.81. The Morgan fingerprint density at radius 1 is 1.10 bits per heavy atom. The highest BCUT2D eigenvalue weighted by atomic mass is 16.5. The van der Waals surface area contributed by atoms with Crippen LogP contribution in [0.3, 0.4) is 0 Å². The molecule has 0 unspecified atom stereocenters. The number of para-hydroxylation sites is 1. The van der Waals surface area contributed by atoms with E-state index in [1.54, 1.807) is 19.1 Å². The van der Waals surface area contributed by atoms with Crippen molar-refractivity contribution in [3.8, 4) is 11.5 Å². The number of aryl methyl sites for hydroxylation is 1. The van der Waals surface area contributed by atoms with Crippen molar-refractivity contribution >= 4 is 11.5 Å². The average Bonchev–Trinajstić information content (AvgIpc) is 2.50. The van der Waals surface area contributed by atoms with Gasteiger partial charge in [0.2, 0.25) is 0 Å². The maximum atomic E-state index is 11.8. The van der Waals surface area contributed by atoms with Crippen molar-refractivity contribution < 1.29 is 14.3 Å². The molecule has 3 nitrogen and oxygen atoms in total. The Bertz CT molecular complexity index is 642. The highest BCUT2D eigenvalue weighted by Crippen LogP contribution is 2.30. The highest BCUT2D eigenvalue weighted by Gasteiger charge is 2.15. The van der Waals surface area contributed by atoms with Crippen molar-refractivity contribution in [2.24, 2.45) is 0 Å². The lowest BCUT2D eigenvalue weighted by Gasteiger charge is -2.12. The number of benzene rings is 2. The number of hydrogen-bond acceptors (Lipinski definition) is 3. The largest absolute Gasteiger partial charge is 0.462 e. The van der Waals surface area contributed by atoms with Gasteiger partial charge in [0.05, 0.1) is 12.2 Å². The Labute approximate surface area is 124 Å². The summed E-state index contributed by atoms with van der Waals surface area (Å²) in [6.45, 7) is 7.90. The van der Waals surface area contributed by atoms with Crippen LogP contribution in [-0.4, -0.2) is 12.6 Å². The van der Waals surface area contributed by atoms with Gasteiger partial charge in [-0.25, -0.2) is 4.79 Å². The van der Waals surface area contributed by atoms with Crippen molar-refractivity contribution in [1.29, 1.82) is 0 Å². The van der Waals surface area contributed by atoms with Crippen LogP contribution < -0.4 is 4.74 Å². The Hall–Kier alpha value is -2.55. The molecule has 0 bridgehead atoms. The van der Waals surface area contributed by atoms with Gasteiger partial charge in [-0.1, -0.05) is 42.5 Å². The first-order valence-electron chi connectivity index (χ1n) is 6.81. The minimum atomic E-state index is -0.433. The van der Waals surface area contributed by atoms with E-state index >= 15 is 0 Å². The summed E-state index contributed by atoms with van der Waals surface area (Å²) in [6, 6.07) is 15.0. The smallest absolute Gasteiger partial charge is 0.338 e. The molecule has 0 N–H and O–H groups in total. The lowest BCUT2D eigenvalue weighted by atomic mass is 10.1. The van der Waals surface area contributed by atoms with E-state index in [-0.39, 0.29) is 0 Å². The lowest BCUT2D eigenvalue weighted by molar-refractivity contribution is -0.136. The molecule has 2 aromatic carbocycles. The molecule has 0 aliphatic carbocycles. The van der Waals surface area contributed by atoms with Crippen molar-refractivity contribution in [3.63, 3.8) is 0 Å². The van der Waals surface area contributed by atoms with Gasteiger partial charge in [-0.3, -0.25) is 0 Å². The van der Waals surface area contributed by atoms with Crippen LogP contribution >= 0.6 is 0 Å². The van der Waals surface area contributed by atoms with Crippen molar-refractivity contribution in [2.75, 3.05) is 6.61 Å². The van der Waals surface area contributed by atoms with Crippen LogP contribution in [0.1, 0.15) is 18.1 Å². The zero-order chi connectivity index (χ0) is 15.2. The molecule has 0 radical (unpaired) electrons. The van der Waals surface area contributed by atoms with Gasteiger partial charge in [0, 0.05) is 5.56 Å². The highest BCUT2D eigenvalue weighted by molar-refractivity contribution is 6.16. The molecule has 108 valence electrons. The molecule has 0 amide bonds. The van der Waals surface area contributed by atoms with Crippen LogP contribution in [0.5, 0.6) is 11.5 Å². The molecular formula is C18H18O3. The molecule has 3 heteroatoms. The monoisotopic (exact) mass is 282 g/mol. The molecule has 0 heterocycles. The second-order valence-corrected chi connectivity index (χ2v) is 4.61. The van der Waals surface area contributed by atoms with E-state index in [1.807, 2.05) is 43.3 Å². The van der Waals surface area contributed by atoms with Gasteiger partial charge in [0.1, 0.15) is 11.5 Å². The molecule has 0 aliphatic rings. The molecule has 0 aromatic heterocycles. The molecule has 0 aliphatic heterocycles. The predicted octanol–water partition coefficient (Wildman–Crippen LogP) is 4.36. The van der Waals surface area contributed by atoms with E-state index in [9.17, 15) is 4.79 Å². The minimum Gasteiger partial charge on any atom is -0.462 e. The molecule has 2 aromatic rings. The fourth-order valence-electron chi connectivity index (χ4n) is 1.87. The number of hydrogen-bond donors (Lipinski definition) is 0. The van der Waals surface area contributed by atoms with Gasteiger partial charge in [-0.2, -0.15) is 0 Å². The number of carbonyl (C=O) groups excluding carboxylic acids is 1. The summed E-state index contributed by atoms with van der Waals surface area (Å²) in [5, 5.41) is 0. The first-order chi connectivity index (χ1) is 10.1. The summed E-state index contributed by atoms with van der Waals surface area (Å²) < 4.78 is 10.8. The van der Waals surface area contributed by atoms with Gasteiger partial charge in [0.25, 0.3) is 0 Å². The summed E-state index contributed by atoms with van der Waals surface area (Å²) in [7, 11) is 0. The Morgan fingerprint density at radius 2 is 1.76 bits per heavy atom. The molecule has 0 atom stereocenters. The van der Waals surface area contributed by atoms with E-state index in [1.165, 1.54) is 0 Å². The molecule has 2 rings (SSSR count). The number of esters is 1. The Kier molecular flexibility index (Phi) is 4.77. The Morgan fingerprint density at radius 3 is 2.43 bits per heavy atom. The standard InChI is InChI=1S/C18H18O3/c1-4-20-18(19)14(3)16-7-5-6-8-17(16)21-15-11-9-13(2)10-12-15/h5-12H,3-4H2,1-2H3. The third kappa shape index (κ3) is 3.72. The quantitative estimate of drug-likeness (QED) is 0.603. The topological polar surface area (TPSA) is 35.5 Å². The maximum Gasteiger partial charge on any atom is 0.338 e. The maximum absolute atomic E-state index is 11.8. The van der Waals surface area contributed by atoms with Crippen LogP contribution in [-0.2, 0) is 9.53 Å². The summed E-state index contributed by atoms with van der Waals surface area (Å²) in [6.07, 6.45) is 0. The van der Waals surface area contributed by atoms with Crippen LogP contribution in [0.25, 0.3) is 5.57 Å². The Balaban J connectivity index is 2.26. The third-order valence-electron chi connectivity index (χ3n) is 2.98. The van der Waals surface area contributed by atoms with E-state index in [4.69, 9.17) is 9.47 Å². The summed E-state index contributed by atoms with van der Waals surface area (Å²) >= 11 is 0. The SMILES string of the molecule is C=C(C(=O)OCC)c1ccccc1Oc1ccc(C)cc1. The minimum absolute atomic E-state index is 0.291. The molecule has 0 saturated heterocycles. The lowest BCUT2D eigenvalue weighted by Crippen LogP contribution is -2.06. The second-order valence-electron chi connectivity index (χ2n) is 4.61. The molecule has 0 spiro atoms. The fraction of sp³-hybridized carbons (Fsp3) is 0.167. The summed E-state index contributed by atoms with van der Waals surface area (Å²) in [5.41, 5.74) is 2.09. The van der Waals surface area contributed by atoms with Crippen molar-refractivity contribution in [2.45, 2.75) is 13.8 Å². The summed E-state index contributed by atoms with van der Waals surface area (Å²) in [5.74, 6) is 0.863. The second kappa shape index (κ2) is 6.75. The predicted molar refractivity (Wildman–Crippen MR) is 83.4 cm³/mol. The van der Waals surface area contributed by atoms with Gasteiger partial charge in [0.15, 0.2) is 0 Å². The van der Waals surface area contributed by atoms with Gasteiger partial charge < -0.3 is 9.47 Å². The molecule has 21 heavy (non-hydrogen) atoms. The molecule has 0 saturated carbocycles.